The monoisotopic (exact) mass is 199 g/mol. The summed E-state index contributed by atoms with van der Waals surface area (Å²) < 4.78 is 0.787. The van der Waals surface area contributed by atoms with Gasteiger partial charge in [0.2, 0.25) is 0 Å². The first-order valence-corrected chi connectivity index (χ1v) is 3.60. The van der Waals surface area contributed by atoms with E-state index in [1.165, 1.54) is 0 Å². The number of nitrogens with one attached hydrogen (secondary N) is 1. The van der Waals surface area contributed by atoms with E-state index in [1.807, 2.05) is 0 Å². The van der Waals surface area contributed by atoms with Crippen LogP contribution < -0.4 is 0 Å². The average molecular weight is 200 g/mol. The van der Waals surface area contributed by atoms with Crippen molar-refractivity contribution in [2.24, 2.45) is 0 Å². The van der Waals surface area contributed by atoms with E-state index < -0.39 is 0 Å². The molecule has 2 heteroatoms. The van der Waals surface area contributed by atoms with Crippen LogP contribution in [0, 0.1) is 5.41 Å². The molecule has 0 rings (SSSR count). The molecule has 0 saturated carbocycles. The summed E-state index contributed by atoms with van der Waals surface area (Å²) in [7, 11) is 0. The Morgan fingerprint density at radius 1 is 1.40 bits per heavy atom. The van der Waals surface area contributed by atoms with Crippen molar-refractivity contribution in [1.82, 2.24) is 0 Å². The lowest BCUT2D eigenvalue weighted by atomic mass is 10.2. The Morgan fingerprint density at radius 3 is 2.20 bits per heavy atom. The summed E-state index contributed by atoms with van der Waals surface area (Å²) in [6.07, 6.45) is 3.51. The van der Waals surface area contributed by atoms with Crippen molar-refractivity contribution >= 4 is 21.6 Å². The molecule has 0 aromatic heterocycles. The minimum absolute atomic E-state index is 0.477. The Kier molecular flexibility index (Phi) is 3.96. The average Bonchev–Trinajstić information content (AvgIpc) is 1.82. The summed E-state index contributed by atoms with van der Waals surface area (Å²) >= 11 is 3.16. The summed E-state index contributed by atoms with van der Waals surface area (Å²) in [5.41, 5.74) is 1.19. The molecule has 0 bridgehead atoms. The summed E-state index contributed by atoms with van der Waals surface area (Å²) in [5, 5.41) is 7.15. The zero-order valence-corrected chi connectivity index (χ0v) is 7.53. The van der Waals surface area contributed by atoms with Crippen LogP contribution >= 0.6 is 15.9 Å². The van der Waals surface area contributed by atoms with Gasteiger partial charge in [-0.15, -0.1) is 0 Å². The van der Waals surface area contributed by atoms with Crippen molar-refractivity contribution < 1.29 is 0 Å². The van der Waals surface area contributed by atoms with Gasteiger partial charge in [0.25, 0.3) is 0 Å². The molecule has 0 aliphatic rings. The predicted molar refractivity (Wildman–Crippen MR) is 49.7 cm³/mol. The topological polar surface area (TPSA) is 23.9 Å². The third-order valence-corrected chi connectivity index (χ3v) is 1.21. The number of halogens is 1. The largest absolute Gasteiger partial charge is 0.305 e. The van der Waals surface area contributed by atoms with Crippen LogP contribution in [0.1, 0.15) is 6.92 Å². The van der Waals surface area contributed by atoms with Crippen LogP contribution in [0.3, 0.4) is 0 Å². The highest BCUT2D eigenvalue weighted by atomic mass is 79.9. The molecular formula is C8H10BrN. The molecule has 1 N–H and O–H groups in total. The van der Waals surface area contributed by atoms with E-state index in [0.717, 1.165) is 4.48 Å². The fourth-order valence-electron chi connectivity index (χ4n) is 0.316. The lowest BCUT2D eigenvalue weighted by Crippen LogP contribution is -1.87. The van der Waals surface area contributed by atoms with Gasteiger partial charge in [-0.25, -0.2) is 0 Å². The molecule has 0 atom stereocenters. The van der Waals surface area contributed by atoms with Gasteiger partial charge in [-0.05, 0) is 18.6 Å². The minimum Gasteiger partial charge on any atom is -0.305 e. The van der Waals surface area contributed by atoms with Crippen molar-refractivity contribution in [3.05, 3.63) is 35.4 Å². The fourth-order valence-corrected chi connectivity index (χ4v) is 0.448. The highest BCUT2D eigenvalue weighted by Gasteiger charge is 1.88. The van der Waals surface area contributed by atoms with Crippen molar-refractivity contribution in [3.63, 3.8) is 0 Å². The van der Waals surface area contributed by atoms with Crippen LogP contribution in [-0.4, -0.2) is 5.71 Å². The Balaban J connectivity index is 4.03. The highest BCUT2D eigenvalue weighted by molar-refractivity contribution is 9.11. The molecule has 0 spiro atoms. The number of rotatable bonds is 3. The summed E-state index contributed by atoms with van der Waals surface area (Å²) in [5.74, 6) is 0. The highest BCUT2D eigenvalue weighted by Crippen LogP contribution is 2.04. The van der Waals surface area contributed by atoms with E-state index in [-0.39, 0.29) is 0 Å². The van der Waals surface area contributed by atoms with Gasteiger partial charge in [-0.3, -0.25) is 0 Å². The molecule has 10 heavy (non-hydrogen) atoms. The molecule has 0 unspecified atom stereocenters. The lowest BCUT2D eigenvalue weighted by Gasteiger charge is -1.92. The Bertz CT molecular complexity index is 201. The smallest absolute Gasteiger partial charge is 0.0349 e. The summed E-state index contributed by atoms with van der Waals surface area (Å²) in [6, 6.07) is 0. The molecule has 54 valence electrons. The second-order valence-electron chi connectivity index (χ2n) is 1.93. The molecule has 0 aliphatic heterocycles. The van der Waals surface area contributed by atoms with Gasteiger partial charge in [0.15, 0.2) is 0 Å². The van der Waals surface area contributed by atoms with E-state index in [9.17, 15) is 0 Å². The van der Waals surface area contributed by atoms with Gasteiger partial charge >= 0.3 is 0 Å². The lowest BCUT2D eigenvalue weighted by molar-refractivity contribution is 1.47. The van der Waals surface area contributed by atoms with E-state index in [1.54, 1.807) is 19.1 Å². The predicted octanol–water partition coefficient (Wildman–Crippen LogP) is 3.05. The van der Waals surface area contributed by atoms with Crippen LogP contribution in [0.2, 0.25) is 0 Å². The molecule has 0 aromatic rings. The zero-order valence-electron chi connectivity index (χ0n) is 5.95. The van der Waals surface area contributed by atoms with E-state index >= 15 is 0 Å². The number of allylic oxidation sites excluding steroid dienone is 4. The SMILES string of the molecule is C=C(Br)/C=C\C(=C)C(C)=N. The second kappa shape index (κ2) is 4.23. The van der Waals surface area contributed by atoms with E-state index in [4.69, 9.17) is 5.41 Å². The van der Waals surface area contributed by atoms with Crippen LogP contribution in [0.15, 0.2) is 35.4 Å². The second-order valence-corrected chi connectivity index (χ2v) is 2.95. The van der Waals surface area contributed by atoms with Gasteiger partial charge in [0.1, 0.15) is 0 Å². The Morgan fingerprint density at radius 2 is 1.90 bits per heavy atom. The molecule has 0 amide bonds. The maximum Gasteiger partial charge on any atom is 0.0349 e. The quantitative estimate of drug-likeness (QED) is 0.534. The van der Waals surface area contributed by atoms with Crippen LogP contribution in [0.5, 0.6) is 0 Å². The number of hydrogen-bond acceptors (Lipinski definition) is 1. The van der Waals surface area contributed by atoms with Crippen LogP contribution in [0.4, 0.5) is 0 Å². The van der Waals surface area contributed by atoms with Crippen molar-refractivity contribution in [2.75, 3.05) is 0 Å². The standard InChI is InChI=1S/C8H10BrN/c1-6(8(3)10)4-5-7(2)9/h4-5,10H,1-2H2,3H3/b5-4-,10-8?. The molecule has 0 heterocycles. The minimum atomic E-state index is 0.477. The summed E-state index contributed by atoms with van der Waals surface area (Å²) in [4.78, 5) is 0. The van der Waals surface area contributed by atoms with Gasteiger partial charge in [0.05, 0.1) is 0 Å². The number of hydrogen-bond donors (Lipinski definition) is 1. The Labute approximate surface area is 69.8 Å². The van der Waals surface area contributed by atoms with Crippen molar-refractivity contribution in [1.29, 1.82) is 5.41 Å². The molecule has 0 fully saturated rings. The zero-order chi connectivity index (χ0) is 8.15. The molecule has 0 saturated heterocycles. The first-order chi connectivity index (χ1) is 4.54. The normalized spacial score (nSPS) is 9.80. The molecule has 0 aromatic carbocycles. The molecule has 1 nitrogen and oxygen atoms in total. The van der Waals surface area contributed by atoms with E-state index in [2.05, 4.69) is 29.1 Å². The molecular weight excluding hydrogens is 190 g/mol. The third-order valence-electron chi connectivity index (χ3n) is 0.947. The first kappa shape index (κ1) is 9.37. The van der Waals surface area contributed by atoms with E-state index in [0.29, 0.717) is 11.3 Å². The van der Waals surface area contributed by atoms with Crippen molar-refractivity contribution in [2.45, 2.75) is 6.92 Å². The Hall–Kier alpha value is -0.630. The van der Waals surface area contributed by atoms with Gasteiger partial charge in [-0.2, -0.15) is 0 Å². The molecule has 0 radical (unpaired) electrons. The third kappa shape index (κ3) is 4.27. The van der Waals surface area contributed by atoms with Gasteiger partial charge in [-0.1, -0.05) is 35.2 Å². The van der Waals surface area contributed by atoms with Crippen LogP contribution in [0.25, 0.3) is 0 Å². The van der Waals surface area contributed by atoms with Gasteiger partial charge in [0, 0.05) is 10.2 Å². The first-order valence-electron chi connectivity index (χ1n) is 2.81. The van der Waals surface area contributed by atoms with Crippen LogP contribution in [-0.2, 0) is 0 Å². The maximum atomic E-state index is 7.15. The van der Waals surface area contributed by atoms with Crippen molar-refractivity contribution in [3.8, 4) is 0 Å². The molecule has 0 aliphatic carbocycles. The maximum absolute atomic E-state index is 7.15. The van der Waals surface area contributed by atoms with Gasteiger partial charge < -0.3 is 5.41 Å². The summed E-state index contributed by atoms with van der Waals surface area (Å²) in [6.45, 7) is 8.96. The fraction of sp³-hybridized carbons (Fsp3) is 0.125.